The Balaban J connectivity index is 1.98. The van der Waals surface area contributed by atoms with E-state index in [4.69, 9.17) is 5.11 Å². The highest BCUT2D eigenvalue weighted by Crippen LogP contribution is 2.66. The molecule has 0 amide bonds. The monoisotopic (exact) mass is 180 g/mol. The normalized spacial score (nSPS) is 42.5. The maximum atomic E-state index is 8.83. The van der Waals surface area contributed by atoms with E-state index in [9.17, 15) is 0 Å². The number of allylic oxidation sites excluding steroid dienone is 2. The van der Waals surface area contributed by atoms with Crippen LogP contribution >= 0.6 is 0 Å². The summed E-state index contributed by atoms with van der Waals surface area (Å²) in [7, 11) is 0. The first-order valence-corrected chi connectivity index (χ1v) is 5.46. The molecule has 1 heteroatoms. The van der Waals surface area contributed by atoms with E-state index in [1.54, 1.807) is 5.57 Å². The van der Waals surface area contributed by atoms with Crippen molar-refractivity contribution in [1.82, 2.24) is 0 Å². The Labute approximate surface area is 80.8 Å². The van der Waals surface area contributed by atoms with E-state index in [1.807, 2.05) is 0 Å². The summed E-state index contributed by atoms with van der Waals surface area (Å²) >= 11 is 0. The summed E-state index contributed by atoms with van der Waals surface area (Å²) in [4.78, 5) is 0. The van der Waals surface area contributed by atoms with Gasteiger partial charge in [-0.2, -0.15) is 0 Å². The lowest BCUT2D eigenvalue weighted by Gasteiger charge is -2.08. The second kappa shape index (κ2) is 3.13. The Hall–Kier alpha value is -0.300. The van der Waals surface area contributed by atoms with E-state index in [0.29, 0.717) is 12.0 Å². The molecule has 0 heterocycles. The molecule has 1 saturated carbocycles. The predicted molar refractivity (Wildman–Crippen MR) is 54.4 cm³/mol. The Morgan fingerprint density at radius 2 is 2.38 bits per heavy atom. The highest BCUT2D eigenvalue weighted by atomic mass is 16.2. The fourth-order valence-electron chi connectivity index (χ4n) is 3.10. The molecular weight excluding hydrogens is 160 g/mol. The number of hydrogen-bond donors (Lipinski definition) is 1. The topological polar surface area (TPSA) is 20.2 Å². The van der Waals surface area contributed by atoms with Gasteiger partial charge in [0.1, 0.15) is 0 Å². The van der Waals surface area contributed by atoms with Gasteiger partial charge in [-0.1, -0.05) is 18.6 Å². The Bertz CT molecular complexity index is 231. The zero-order valence-corrected chi connectivity index (χ0v) is 8.71. The molecule has 0 saturated heterocycles. The van der Waals surface area contributed by atoms with Crippen LogP contribution in [0.5, 0.6) is 0 Å². The molecule has 3 atom stereocenters. The number of hydrogen-bond acceptors (Lipinski definition) is 1. The smallest absolute Gasteiger partial charge is 0.0431 e. The number of aliphatic hydroxyl groups is 1. The molecule has 0 aromatic rings. The molecule has 1 N–H and O–H groups in total. The predicted octanol–water partition coefficient (Wildman–Crippen LogP) is 2.75. The molecule has 0 radical (unpaired) electrons. The van der Waals surface area contributed by atoms with Gasteiger partial charge in [-0.25, -0.2) is 0 Å². The Kier molecular flexibility index (Phi) is 2.23. The minimum Gasteiger partial charge on any atom is -0.396 e. The maximum Gasteiger partial charge on any atom is 0.0431 e. The number of rotatable bonds is 3. The first-order chi connectivity index (χ1) is 6.18. The molecular formula is C12H20O. The highest BCUT2D eigenvalue weighted by molar-refractivity contribution is 5.23. The fourth-order valence-corrected chi connectivity index (χ4v) is 3.10. The third-order valence-corrected chi connectivity index (χ3v) is 4.12. The van der Waals surface area contributed by atoms with Crippen molar-refractivity contribution in [2.45, 2.75) is 39.5 Å². The van der Waals surface area contributed by atoms with Crippen LogP contribution in [-0.4, -0.2) is 11.7 Å². The van der Waals surface area contributed by atoms with Crippen LogP contribution in [0.15, 0.2) is 11.6 Å². The van der Waals surface area contributed by atoms with E-state index in [1.165, 1.54) is 19.3 Å². The fraction of sp³-hybridized carbons (Fsp3) is 0.833. The van der Waals surface area contributed by atoms with Crippen molar-refractivity contribution in [1.29, 1.82) is 0 Å². The number of aliphatic hydroxyl groups excluding tert-OH is 1. The van der Waals surface area contributed by atoms with Gasteiger partial charge in [0.2, 0.25) is 0 Å². The van der Waals surface area contributed by atoms with Crippen molar-refractivity contribution in [3.05, 3.63) is 11.6 Å². The van der Waals surface area contributed by atoms with E-state index in [2.05, 4.69) is 19.9 Å². The summed E-state index contributed by atoms with van der Waals surface area (Å²) < 4.78 is 0. The summed E-state index contributed by atoms with van der Waals surface area (Å²) in [6.07, 6.45) is 7.36. The second-order valence-electron chi connectivity index (χ2n) is 5.02. The zero-order chi connectivity index (χ0) is 9.47. The molecule has 74 valence electrons. The molecule has 0 unspecified atom stereocenters. The minimum absolute atomic E-state index is 0.359. The molecule has 0 spiro atoms. The first-order valence-electron chi connectivity index (χ1n) is 5.46. The third kappa shape index (κ3) is 1.43. The van der Waals surface area contributed by atoms with Gasteiger partial charge in [-0.05, 0) is 49.9 Å². The lowest BCUT2D eigenvalue weighted by Crippen LogP contribution is -2.00. The average Bonchev–Trinajstić information content (AvgIpc) is 2.69. The van der Waals surface area contributed by atoms with Crippen LogP contribution in [0, 0.1) is 17.3 Å². The first kappa shape index (κ1) is 9.26. The Morgan fingerprint density at radius 3 is 3.00 bits per heavy atom. The second-order valence-corrected chi connectivity index (χ2v) is 5.02. The van der Waals surface area contributed by atoms with Crippen LogP contribution in [0.25, 0.3) is 0 Å². The van der Waals surface area contributed by atoms with Gasteiger partial charge in [-0.3, -0.25) is 0 Å². The van der Waals surface area contributed by atoms with Crippen molar-refractivity contribution in [2.24, 2.45) is 17.3 Å². The summed E-state index contributed by atoms with van der Waals surface area (Å²) in [6.45, 7) is 5.01. The summed E-state index contributed by atoms with van der Waals surface area (Å²) in [6, 6.07) is 0. The molecule has 0 bridgehead atoms. The molecule has 2 aliphatic rings. The van der Waals surface area contributed by atoms with E-state index in [-0.39, 0.29) is 0 Å². The van der Waals surface area contributed by atoms with E-state index >= 15 is 0 Å². The molecule has 0 aliphatic heterocycles. The van der Waals surface area contributed by atoms with E-state index < -0.39 is 0 Å². The van der Waals surface area contributed by atoms with Gasteiger partial charge in [0, 0.05) is 6.61 Å². The van der Waals surface area contributed by atoms with Gasteiger partial charge >= 0.3 is 0 Å². The third-order valence-electron chi connectivity index (χ3n) is 4.12. The maximum absolute atomic E-state index is 8.83. The van der Waals surface area contributed by atoms with Crippen molar-refractivity contribution < 1.29 is 5.11 Å². The van der Waals surface area contributed by atoms with Crippen LogP contribution in [-0.2, 0) is 0 Å². The van der Waals surface area contributed by atoms with Gasteiger partial charge in [0.05, 0.1) is 0 Å². The van der Waals surface area contributed by atoms with Crippen molar-refractivity contribution >= 4 is 0 Å². The highest BCUT2D eigenvalue weighted by Gasteiger charge is 2.59. The van der Waals surface area contributed by atoms with Gasteiger partial charge in [-0.15, -0.1) is 0 Å². The van der Waals surface area contributed by atoms with Crippen LogP contribution in [0.4, 0.5) is 0 Å². The lowest BCUT2D eigenvalue weighted by molar-refractivity contribution is 0.264. The molecule has 1 nitrogen and oxygen atoms in total. The number of fused-ring (bicyclic) bond motifs is 1. The molecule has 2 aliphatic carbocycles. The minimum atomic E-state index is 0.359. The molecule has 1 fully saturated rings. The van der Waals surface area contributed by atoms with Gasteiger partial charge < -0.3 is 5.11 Å². The van der Waals surface area contributed by atoms with Crippen molar-refractivity contribution in [3.63, 3.8) is 0 Å². The Morgan fingerprint density at radius 1 is 1.62 bits per heavy atom. The van der Waals surface area contributed by atoms with Crippen LogP contribution in [0.2, 0.25) is 0 Å². The summed E-state index contributed by atoms with van der Waals surface area (Å²) in [5.74, 6) is 1.77. The molecule has 13 heavy (non-hydrogen) atoms. The lowest BCUT2D eigenvalue weighted by atomic mass is 9.97. The van der Waals surface area contributed by atoms with Crippen LogP contribution in [0.3, 0.4) is 0 Å². The van der Waals surface area contributed by atoms with Crippen molar-refractivity contribution in [2.75, 3.05) is 6.61 Å². The van der Waals surface area contributed by atoms with Gasteiger partial charge in [0.25, 0.3) is 0 Å². The average molecular weight is 180 g/mol. The van der Waals surface area contributed by atoms with Gasteiger partial charge in [0.15, 0.2) is 0 Å². The largest absolute Gasteiger partial charge is 0.396 e. The van der Waals surface area contributed by atoms with Crippen LogP contribution < -0.4 is 0 Å². The van der Waals surface area contributed by atoms with E-state index in [0.717, 1.165) is 18.3 Å². The summed E-state index contributed by atoms with van der Waals surface area (Å²) in [5.41, 5.74) is 2.12. The molecule has 0 aromatic heterocycles. The quantitative estimate of drug-likeness (QED) is 0.662. The standard InChI is InChI=1S/C12H20O/c1-9-4-5-10-11(8-9)12(10,2)6-3-7-13/h8,10-11,13H,3-7H2,1-2H3/t10-,11+,12+/m1/s1. The van der Waals surface area contributed by atoms with Crippen LogP contribution in [0.1, 0.15) is 39.5 Å². The molecule has 2 rings (SSSR count). The SMILES string of the molecule is CC1=C[C@H]2[C@@H](CC1)[C@]2(C)CCCO. The molecule has 0 aromatic carbocycles. The van der Waals surface area contributed by atoms with Crippen molar-refractivity contribution in [3.8, 4) is 0 Å². The summed E-state index contributed by atoms with van der Waals surface area (Å²) in [5, 5.41) is 8.83. The zero-order valence-electron chi connectivity index (χ0n) is 8.71.